The SMILES string of the molecule is C/C=C/c1ccc(-c2c(C)c(C)c(-c3c(C)c(C)c(Br)c(F)c3F)c(F)c2F)cc1. The van der Waals surface area contributed by atoms with Crippen LogP contribution in [0.4, 0.5) is 17.6 Å². The van der Waals surface area contributed by atoms with E-state index in [1.807, 2.05) is 31.2 Å². The predicted octanol–water partition coefficient (Wildman–Crippen LogP) is 8.61. The minimum absolute atomic E-state index is 0.0191. The van der Waals surface area contributed by atoms with Crippen LogP contribution in [0.25, 0.3) is 28.3 Å². The molecule has 0 saturated carbocycles. The Morgan fingerprint density at radius 1 is 0.633 bits per heavy atom. The average molecular weight is 477 g/mol. The number of rotatable bonds is 3. The lowest BCUT2D eigenvalue weighted by Crippen LogP contribution is -2.06. The fourth-order valence-corrected chi connectivity index (χ4v) is 4.17. The molecule has 30 heavy (non-hydrogen) atoms. The molecule has 0 saturated heterocycles. The molecule has 0 radical (unpaired) electrons. The molecule has 0 heterocycles. The van der Waals surface area contributed by atoms with Gasteiger partial charge in [0.1, 0.15) is 0 Å². The standard InChI is InChI=1S/C25H21BrF4/c1-6-7-16-8-10-17(11-9-16)18-12(2)13(3)19(23(28)22(18)27)20-14(4)15(5)21(26)25(30)24(20)29/h6-11H,1-5H3/b7-6+. The highest BCUT2D eigenvalue weighted by Gasteiger charge is 2.28. The van der Waals surface area contributed by atoms with Crippen molar-refractivity contribution >= 4 is 22.0 Å². The molecule has 0 bridgehead atoms. The van der Waals surface area contributed by atoms with Crippen LogP contribution in [0.2, 0.25) is 0 Å². The van der Waals surface area contributed by atoms with Crippen LogP contribution in [0.15, 0.2) is 34.8 Å². The van der Waals surface area contributed by atoms with Crippen molar-refractivity contribution in [2.75, 3.05) is 0 Å². The molecule has 0 aliphatic carbocycles. The Balaban J connectivity index is 2.33. The van der Waals surface area contributed by atoms with Crippen LogP contribution in [-0.2, 0) is 0 Å². The number of benzene rings is 3. The van der Waals surface area contributed by atoms with Crippen LogP contribution in [-0.4, -0.2) is 0 Å². The van der Waals surface area contributed by atoms with E-state index >= 15 is 8.78 Å². The van der Waals surface area contributed by atoms with E-state index in [0.717, 1.165) is 5.56 Å². The molecule has 0 aromatic heterocycles. The van der Waals surface area contributed by atoms with E-state index in [1.54, 1.807) is 39.8 Å². The van der Waals surface area contributed by atoms with Crippen molar-refractivity contribution in [1.29, 1.82) is 0 Å². The Bertz CT molecular complexity index is 1120. The molecular weight excluding hydrogens is 456 g/mol. The fraction of sp³-hybridized carbons (Fsp3) is 0.200. The second-order valence-corrected chi connectivity index (χ2v) is 8.11. The molecule has 0 unspecified atom stereocenters. The summed E-state index contributed by atoms with van der Waals surface area (Å²) >= 11 is 3.02. The van der Waals surface area contributed by atoms with E-state index in [4.69, 9.17) is 0 Å². The minimum atomic E-state index is -1.20. The van der Waals surface area contributed by atoms with Crippen LogP contribution < -0.4 is 0 Å². The maximum Gasteiger partial charge on any atom is 0.173 e. The van der Waals surface area contributed by atoms with Gasteiger partial charge in [0.05, 0.1) is 4.47 Å². The Morgan fingerprint density at radius 2 is 1.07 bits per heavy atom. The van der Waals surface area contributed by atoms with E-state index in [2.05, 4.69) is 15.9 Å². The lowest BCUT2D eigenvalue weighted by molar-refractivity contribution is 0.497. The fourth-order valence-electron chi connectivity index (χ4n) is 3.70. The van der Waals surface area contributed by atoms with Gasteiger partial charge in [-0.2, -0.15) is 0 Å². The summed E-state index contributed by atoms with van der Waals surface area (Å²) in [5, 5.41) is 0. The summed E-state index contributed by atoms with van der Waals surface area (Å²) in [6.07, 6.45) is 3.79. The van der Waals surface area contributed by atoms with Gasteiger partial charge >= 0.3 is 0 Å². The average Bonchev–Trinajstić information content (AvgIpc) is 2.73. The first-order valence-corrected chi connectivity index (χ1v) is 10.3. The third-order valence-corrected chi connectivity index (χ3v) is 6.57. The van der Waals surface area contributed by atoms with E-state index in [-0.39, 0.29) is 21.2 Å². The maximum atomic E-state index is 15.3. The Labute approximate surface area is 182 Å². The van der Waals surface area contributed by atoms with Crippen molar-refractivity contribution in [3.05, 3.63) is 85.9 Å². The third kappa shape index (κ3) is 3.49. The van der Waals surface area contributed by atoms with Gasteiger partial charge in [-0.1, -0.05) is 36.4 Å². The van der Waals surface area contributed by atoms with Crippen molar-refractivity contribution in [3.8, 4) is 22.3 Å². The molecule has 0 atom stereocenters. The highest BCUT2D eigenvalue weighted by Crippen LogP contribution is 2.42. The smallest absolute Gasteiger partial charge is 0.173 e. The molecule has 0 aliphatic rings. The molecule has 3 aromatic rings. The van der Waals surface area contributed by atoms with Gasteiger partial charge in [0.25, 0.3) is 0 Å². The van der Waals surface area contributed by atoms with Gasteiger partial charge in [-0.25, -0.2) is 17.6 Å². The van der Waals surface area contributed by atoms with Gasteiger partial charge in [-0.05, 0) is 83.9 Å². The van der Waals surface area contributed by atoms with Crippen molar-refractivity contribution in [3.63, 3.8) is 0 Å². The van der Waals surface area contributed by atoms with Crippen molar-refractivity contribution in [2.24, 2.45) is 0 Å². The summed E-state index contributed by atoms with van der Waals surface area (Å²) in [7, 11) is 0. The topological polar surface area (TPSA) is 0 Å². The summed E-state index contributed by atoms with van der Waals surface area (Å²) in [6.45, 7) is 8.31. The largest absolute Gasteiger partial charge is 0.203 e. The lowest BCUT2D eigenvalue weighted by Gasteiger charge is -2.20. The first kappa shape index (κ1) is 22.3. The summed E-state index contributed by atoms with van der Waals surface area (Å²) < 4.78 is 59.8. The third-order valence-electron chi connectivity index (χ3n) is 5.62. The van der Waals surface area contributed by atoms with Gasteiger partial charge < -0.3 is 0 Å². The number of allylic oxidation sites excluding steroid dienone is 1. The molecule has 3 aromatic carbocycles. The molecule has 0 amide bonds. The quantitative estimate of drug-likeness (QED) is 0.262. The molecule has 156 valence electrons. The Morgan fingerprint density at radius 3 is 1.60 bits per heavy atom. The van der Waals surface area contributed by atoms with Crippen LogP contribution in [0.5, 0.6) is 0 Å². The van der Waals surface area contributed by atoms with E-state index in [9.17, 15) is 8.78 Å². The molecule has 3 rings (SSSR count). The highest BCUT2D eigenvalue weighted by atomic mass is 79.9. The first-order chi connectivity index (χ1) is 14.1. The van der Waals surface area contributed by atoms with E-state index < -0.39 is 23.3 Å². The van der Waals surface area contributed by atoms with Crippen molar-refractivity contribution < 1.29 is 17.6 Å². The monoisotopic (exact) mass is 476 g/mol. The number of halogens is 5. The Kier molecular flexibility index (Phi) is 6.23. The minimum Gasteiger partial charge on any atom is -0.203 e. The number of hydrogen-bond acceptors (Lipinski definition) is 0. The Hall–Kier alpha value is -2.40. The molecule has 5 heteroatoms. The zero-order valence-corrected chi connectivity index (χ0v) is 18.9. The summed E-state index contributed by atoms with van der Waals surface area (Å²) in [5.41, 5.74) is 2.70. The second kappa shape index (κ2) is 8.38. The van der Waals surface area contributed by atoms with Crippen molar-refractivity contribution in [2.45, 2.75) is 34.6 Å². The maximum absolute atomic E-state index is 15.3. The zero-order valence-electron chi connectivity index (χ0n) is 17.4. The second-order valence-electron chi connectivity index (χ2n) is 7.32. The molecule has 0 fully saturated rings. The lowest BCUT2D eigenvalue weighted by atomic mass is 9.86. The van der Waals surface area contributed by atoms with Gasteiger partial charge in [-0.15, -0.1) is 0 Å². The van der Waals surface area contributed by atoms with Gasteiger partial charge in [-0.3, -0.25) is 0 Å². The molecular formula is C25H21BrF4. The summed E-state index contributed by atoms with van der Waals surface area (Å²) in [4.78, 5) is 0. The van der Waals surface area contributed by atoms with Gasteiger partial charge in [0.15, 0.2) is 23.3 Å². The van der Waals surface area contributed by atoms with Crippen LogP contribution in [0, 0.1) is 51.0 Å². The molecule has 0 spiro atoms. The summed E-state index contributed by atoms with van der Waals surface area (Å²) in [6, 6.07) is 7.06. The van der Waals surface area contributed by atoms with Crippen LogP contribution in [0.3, 0.4) is 0 Å². The summed E-state index contributed by atoms with van der Waals surface area (Å²) in [5.74, 6) is -4.58. The molecule has 0 aliphatic heterocycles. The predicted molar refractivity (Wildman–Crippen MR) is 119 cm³/mol. The van der Waals surface area contributed by atoms with E-state index in [0.29, 0.717) is 27.8 Å². The van der Waals surface area contributed by atoms with Gasteiger partial charge in [0, 0.05) is 16.7 Å². The van der Waals surface area contributed by atoms with Crippen LogP contribution in [0.1, 0.15) is 34.7 Å². The normalized spacial score (nSPS) is 11.5. The molecule has 0 N–H and O–H groups in total. The van der Waals surface area contributed by atoms with Gasteiger partial charge in [0.2, 0.25) is 0 Å². The van der Waals surface area contributed by atoms with Crippen LogP contribution >= 0.6 is 15.9 Å². The first-order valence-electron chi connectivity index (χ1n) is 9.47. The number of hydrogen-bond donors (Lipinski definition) is 0. The zero-order chi connectivity index (χ0) is 22.3. The highest BCUT2D eigenvalue weighted by molar-refractivity contribution is 9.10. The van der Waals surface area contributed by atoms with Crippen molar-refractivity contribution in [1.82, 2.24) is 0 Å². The molecule has 0 nitrogen and oxygen atoms in total. The van der Waals surface area contributed by atoms with E-state index in [1.165, 1.54) is 0 Å².